The fraction of sp³-hybridized carbons (Fsp3) is 0.182. The van der Waals surface area contributed by atoms with Crippen LogP contribution in [0.3, 0.4) is 0 Å². The van der Waals surface area contributed by atoms with Gasteiger partial charge in [0.25, 0.3) is 0 Å². The van der Waals surface area contributed by atoms with E-state index in [0.29, 0.717) is 22.7 Å². The zero-order chi connectivity index (χ0) is 33.6. The second-order valence-corrected chi connectivity index (χ2v) is 14.5. The first kappa shape index (κ1) is 31.1. The van der Waals surface area contributed by atoms with Crippen LogP contribution in [0.5, 0.6) is 5.75 Å². The standard InChI is InChI=1S/C44H40N2O2/c1-43(2,3)32-25-31(41(47)37(26-32)44(4,5)6)27-45-38-19-10-9-16-36(38)42-46-40-35(18-12-20-39(40)48-42)30-23-21-29(22-24-30)34-17-11-14-28-13-7-8-15-33(28)34/h7-27,47H,1-6H3. The molecule has 0 aliphatic heterocycles. The third-order valence-corrected chi connectivity index (χ3v) is 9.01. The van der Waals surface area contributed by atoms with Gasteiger partial charge in [0.05, 0.1) is 11.3 Å². The lowest BCUT2D eigenvalue weighted by Crippen LogP contribution is -2.17. The van der Waals surface area contributed by atoms with Crippen LogP contribution in [0.25, 0.3) is 55.6 Å². The molecule has 238 valence electrons. The van der Waals surface area contributed by atoms with Crippen LogP contribution in [0.1, 0.15) is 58.2 Å². The number of rotatable bonds is 5. The molecule has 48 heavy (non-hydrogen) atoms. The summed E-state index contributed by atoms with van der Waals surface area (Å²) in [4.78, 5) is 9.90. The maximum absolute atomic E-state index is 11.3. The van der Waals surface area contributed by atoms with Gasteiger partial charge in [-0.1, -0.05) is 139 Å². The number of aromatic nitrogens is 1. The van der Waals surface area contributed by atoms with E-state index in [1.54, 1.807) is 6.21 Å². The molecule has 7 rings (SSSR count). The van der Waals surface area contributed by atoms with Gasteiger partial charge >= 0.3 is 0 Å². The molecule has 4 heteroatoms. The van der Waals surface area contributed by atoms with Crippen molar-refractivity contribution in [3.63, 3.8) is 0 Å². The van der Waals surface area contributed by atoms with Gasteiger partial charge in [-0.3, -0.25) is 4.99 Å². The summed E-state index contributed by atoms with van der Waals surface area (Å²) in [5.74, 6) is 0.760. The minimum atomic E-state index is -0.224. The summed E-state index contributed by atoms with van der Waals surface area (Å²) in [5.41, 5.74) is 9.90. The van der Waals surface area contributed by atoms with Crippen molar-refractivity contribution in [3.05, 3.63) is 138 Å². The SMILES string of the molecule is CC(C)(C)c1cc(C=Nc2ccccc2-c2nc3c(-c4ccc(-c5cccc6ccccc56)cc4)cccc3o2)c(O)c(C(C)(C)C)c1. The van der Waals surface area contributed by atoms with Crippen molar-refractivity contribution in [1.29, 1.82) is 0 Å². The largest absolute Gasteiger partial charge is 0.507 e. The molecule has 1 heterocycles. The molecule has 0 amide bonds. The molecule has 0 bridgehead atoms. The van der Waals surface area contributed by atoms with E-state index in [1.807, 2.05) is 42.5 Å². The molecule has 4 nitrogen and oxygen atoms in total. The van der Waals surface area contributed by atoms with E-state index in [1.165, 1.54) is 21.9 Å². The molecule has 6 aromatic carbocycles. The molecule has 0 spiro atoms. The van der Waals surface area contributed by atoms with Crippen molar-refractivity contribution in [1.82, 2.24) is 4.98 Å². The minimum Gasteiger partial charge on any atom is -0.507 e. The molecule has 0 unspecified atom stereocenters. The number of oxazole rings is 1. The van der Waals surface area contributed by atoms with E-state index < -0.39 is 0 Å². The Balaban J connectivity index is 1.25. The molecule has 0 atom stereocenters. The molecule has 0 saturated heterocycles. The molecule has 1 N–H and O–H groups in total. The highest BCUT2D eigenvalue weighted by molar-refractivity contribution is 5.98. The molecular weight excluding hydrogens is 588 g/mol. The number of para-hydroxylation sites is 2. The third-order valence-electron chi connectivity index (χ3n) is 9.01. The topological polar surface area (TPSA) is 58.6 Å². The van der Waals surface area contributed by atoms with Crippen LogP contribution in [0.15, 0.2) is 131 Å². The Labute approximate surface area is 282 Å². The number of hydrogen-bond donors (Lipinski definition) is 1. The molecule has 1 aromatic heterocycles. The number of aromatic hydroxyl groups is 1. The van der Waals surface area contributed by atoms with Gasteiger partial charge in [-0.15, -0.1) is 0 Å². The Kier molecular flexibility index (Phi) is 7.75. The number of nitrogens with zero attached hydrogens (tertiary/aromatic N) is 2. The molecule has 0 radical (unpaired) electrons. The molecular formula is C44H40N2O2. The number of fused-ring (bicyclic) bond motifs is 2. The van der Waals surface area contributed by atoms with Crippen LogP contribution >= 0.6 is 0 Å². The van der Waals surface area contributed by atoms with E-state index in [-0.39, 0.29) is 16.6 Å². The van der Waals surface area contributed by atoms with Crippen molar-refractivity contribution in [3.8, 4) is 39.5 Å². The van der Waals surface area contributed by atoms with Crippen molar-refractivity contribution in [2.24, 2.45) is 4.99 Å². The molecule has 0 saturated carbocycles. The average molecular weight is 629 g/mol. The van der Waals surface area contributed by atoms with Gasteiger partial charge in [0.1, 0.15) is 11.3 Å². The Hall–Kier alpha value is -5.48. The monoisotopic (exact) mass is 628 g/mol. The number of phenols is 1. The molecule has 0 fully saturated rings. The molecule has 0 aliphatic rings. The van der Waals surface area contributed by atoms with Crippen LogP contribution in [0.4, 0.5) is 5.69 Å². The van der Waals surface area contributed by atoms with E-state index in [2.05, 4.69) is 120 Å². The maximum Gasteiger partial charge on any atom is 0.229 e. The van der Waals surface area contributed by atoms with Crippen LogP contribution < -0.4 is 0 Å². The second-order valence-electron chi connectivity index (χ2n) is 14.5. The quantitative estimate of drug-likeness (QED) is 0.193. The first-order valence-electron chi connectivity index (χ1n) is 16.5. The van der Waals surface area contributed by atoms with Gasteiger partial charge in [-0.25, -0.2) is 4.98 Å². The van der Waals surface area contributed by atoms with Crippen molar-refractivity contribution in [2.45, 2.75) is 52.4 Å². The van der Waals surface area contributed by atoms with E-state index in [9.17, 15) is 5.11 Å². The fourth-order valence-corrected chi connectivity index (χ4v) is 6.27. The summed E-state index contributed by atoms with van der Waals surface area (Å²) in [5, 5.41) is 13.8. The lowest BCUT2D eigenvalue weighted by Gasteiger charge is -2.27. The second kappa shape index (κ2) is 12.0. The number of phenolic OH excluding ortho intramolecular Hbond substituents is 1. The van der Waals surface area contributed by atoms with Crippen LogP contribution in [0.2, 0.25) is 0 Å². The van der Waals surface area contributed by atoms with Gasteiger partial charge in [0, 0.05) is 22.9 Å². The van der Waals surface area contributed by atoms with E-state index in [4.69, 9.17) is 14.4 Å². The summed E-state index contributed by atoms with van der Waals surface area (Å²) >= 11 is 0. The van der Waals surface area contributed by atoms with Gasteiger partial charge in [-0.05, 0) is 68.1 Å². The molecule has 7 aromatic rings. The van der Waals surface area contributed by atoms with E-state index >= 15 is 0 Å². The highest BCUT2D eigenvalue weighted by Crippen LogP contribution is 2.39. The number of benzene rings is 6. The first-order chi connectivity index (χ1) is 23.0. The van der Waals surface area contributed by atoms with Gasteiger partial charge in [0.15, 0.2) is 5.58 Å². The lowest BCUT2D eigenvalue weighted by molar-refractivity contribution is 0.444. The Morgan fingerprint density at radius 3 is 2.02 bits per heavy atom. The summed E-state index contributed by atoms with van der Waals surface area (Å²) < 4.78 is 6.37. The smallest absolute Gasteiger partial charge is 0.229 e. The van der Waals surface area contributed by atoms with Crippen molar-refractivity contribution >= 4 is 33.8 Å². The minimum absolute atomic E-state index is 0.0830. The zero-order valence-corrected chi connectivity index (χ0v) is 28.4. The summed E-state index contributed by atoms with van der Waals surface area (Å²) in [6, 6.07) is 41.6. The van der Waals surface area contributed by atoms with Crippen LogP contribution in [-0.4, -0.2) is 16.3 Å². The predicted octanol–water partition coefficient (Wildman–Crippen LogP) is 12.0. The molecule has 0 aliphatic carbocycles. The Morgan fingerprint density at radius 2 is 1.27 bits per heavy atom. The number of aliphatic imine (C=N–C) groups is 1. The fourth-order valence-electron chi connectivity index (χ4n) is 6.27. The number of hydrogen-bond acceptors (Lipinski definition) is 4. The van der Waals surface area contributed by atoms with Crippen molar-refractivity contribution < 1.29 is 9.52 Å². The van der Waals surface area contributed by atoms with Crippen LogP contribution in [0, 0.1) is 0 Å². The highest BCUT2D eigenvalue weighted by atomic mass is 16.3. The average Bonchev–Trinajstić information content (AvgIpc) is 3.51. The van der Waals surface area contributed by atoms with Crippen LogP contribution in [-0.2, 0) is 10.8 Å². The highest BCUT2D eigenvalue weighted by Gasteiger charge is 2.25. The predicted molar refractivity (Wildman–Crippen MR) is 201 cm³/mol. The first-order valence-corrected chi connectivity index (χ1v) is 16.5. The van der Waals surface area contributed by atoms with E-state index in [0.717, 1.165) is 33.3 Å². The summed E-state index contributed by atoms with van der Waals surface area (Å²) in [7, 11) is 0. The maximum atomic E-state index is 11.3. The van der Waals surface area contributed by atoms with Crippen molar-refractivity contribution in [2.75, 3.05) is 0 Å². The Morgan fingerprint density at radius 1 is 0.646 bits per heavy atom. The summed E-state index contributed by atoms with van der Waals surface area (Å²) in [6.45, 7) is 12.9. The third kappa shape index (κ3) is 5.91. The Bertz CT molecular complexity index is 2310. The normalized spacial score (nSPS) is 12.4. The van der Waals surface area contributed by atoms with Gasteiger partial charge in [-0.2, -0.15) is 0 Å². The van der Waals surface area contributed by atoms with Gasteiger partial charge in [0.2, 0.25) is 5.89 Å². The zero-order valence-electron chi connectivity index (χ0n) is 28.4. The summed E-state index contributed by atoms with van der Waals surface area (Å²) in [6.07, 6.45) is 1.75. The van der Waals surface area contributed by atoms with Gasteiger partial charge < -0.3 is 9.52 Å². The lowest BCUT2D eigenvalue weighted by atomic mass is 9.79.